The molecule has 8 heteroatoms. The fourth-order valence-electron chi connectivity index (χ4n) is 5.80. The first-order chi connectivity index (χ1) is 21.0. The van der Waals surface area contributed by atoms with Crippen molar-refractivity contribution >= 4 is 23.6 Å². The zero-order valence-corrected chi connectivity index (χ0v) is 27.2. The number of benzene rings is 2. The molecule has 2 aromatic carbocycles. The van der Waals surface area contributed by atoms with Crippen LogP contribution in [0.4, 0.5) is 0 Å². The Balaban J connectivity index is 1.22. The van der Waals surface area contributed by atoms with Gasteiger partial charge in [-0.05, 0) is 50.3 Å². The Labute approximate surface area is 262 Å². The number of nitrogens with zero attached hydrogens (tertiary/aromatic N) is 5. The number of aromatic nitrogens is 3. The molecule has 7 nitrogen and oxygen atoms in total. The molecule has 1 fully saturated rings. The van der Waals surface area contributed by atoms with Crippen LogP contribution in [0, 0.1) is 6.92 Å². The van der Waals surface area contributed by atoms with Crippen molar-refractivity contribution in [3.63, 3.8) is 0 Å². The molecule has 0 spiro atoms. The SMILES string of the molecule is CCCCCCCCC(=O)N1CCN(C(=O)CCCCSc2nnc(Cc3ccccc3)n2-c2ccccc2C)CC1C. The van der Waals surface area contributed by atoms with Crippen LogP contribution in [0.1, 0.15) is 95.0 Å². The Kier molecular flexibility index (Phi) is 13.1. The summed E-state index contributed by atoms with van der Waals surface area (Å²) in [5.74, 6) is 2.25. The van der Waals surface area contributed by atoms with E-state index < -0.39 is 0 Å². The molecule has 1 saturated heterocycles. The summed E-state index contributed by atoms with van der Waals surface area (Å²) >= 11 is 1.71. The molecular weight excluding hydrogens is 554 g/mol. The second-order valence-electron chi connectivity index (χ2n) is 11.8. The molecule has 232 valence electrons. The number of para-hydroxylation sites is 1. The molecule has 1 aliphatic heterocycles. The van der Waals surface area contributed by atoms with Gasteiger partial charge in [0.1, 0.15) is 5.82 Å². The maximum absolute atomic E-state index is 13.0. The van der Waals surface area contributed by atoms with Crippen molar-refractivity contribution in [1.29, 1.82) is 0 Å². The molecule has 43 heavy (non-hydrogen) atoms. The summed E-state index contributed by atoms with van der Waals surface area (Å²) in [5, 5.41) is 10.0. The highest BCUT2D eigenvalue weighted by Gasteiger charge is 2.29. The summed E-state index contributed by atoms with van der Waals surface area (Å²) in [6.45, 7) is 8.35. The predicted octanol–water partition coefficient (Wildman–Crippen LogP) is 7.24. The van der Waals surface area contributed by atoms with E-state index in [4.69, 9.17) is 0 Å². The molecule has 0 saturated carbocycles. The highest BCUT2D eigenvalue weighted by molar-refractivity contribution is 7.99. The quantitative estimate of drug-likeness (QED) is 0.128. The Hall–Kier alpha value is -3.13. The minimum Gasteiger partial charge on any atom is -0.339 e. The number of aryl methyl sites for hydroxylation is 1. The number of carbonyl (C=O) groups excluding carboxylic acids is 2. The highest BCUT2D eigenvalue weighted by atomic mass is 32.2. The third-order valence-corrected chi connectivity index (χ3v) is 9.34. The molecule has 1 atom stereocenters. The zero-order chi connectivity index (χ0) is 30.4. The van der Waals surface area contributed by atoms with E-state index in [1.807, 2.05) is 15.9 Å². The summed E-state index contributed by atoms with van der Waals surface area (Å²) in [6, 6.07) is 18.8. The van der Waals surface area contributed by atoms with Gasteiger partial charge < -0.3 is 9.80 Å². The first kappa shape index (κ1) is 32.8. The molecule has 0 bridgehead atoms. The normalized spacial score (nSPS) is 15.2. The van der Waals surface area contributed by atoms with E-state index >= 15 is 0 Å². The first-order valence-electron chi connectivity index (χ1n) is 16.2. The first-order valence-corrected chi connectivity index (χ1v) is 17.2. The summed E-state index contributed by atoms with van der Waals surface area (Å²) < 4.78 is 2.19. The van der Waals surface area contributed by atoms with Crippen LogP contribution in [-0.2, 0) is 16.0 Å². The van der Waals surface area contributed by atoms with Crippen LogP contribution >= 0.6 is 11.8 Å². The van der Waals surface area contributed by atoms with Gasteiger partial charge in [0.25, 0.3) is 0 Å². The zero-order valence-electron chi connectivity index (χ0n) is 26.3. The van der Waals surface area contributed by atoms with Crippen LogP contribution in [0.25, 0.3) is 5.69 Å². The van der Waals surface area contributed by atoms with E-state index in [2.05, 4.69) is 84.1 Å². The number of carbonyl (C=O) groups is 2. The molecule has 0 N–H and O–H groups in total. The second-order valence-corrected chi connectivity index (χ2v) is 12.8. The third-order valence-electron chi connectivity index (χ3n) is 8.32. The lowest BCUT2D eigenvalue weighted by Crippen LogP contribution is -2.55. The maximum Gasteiger partial charge on any atom is 0.222 e. The van der Waals surface area contributed by atoms with E-state index in [-0.39, 0.29) is 17.9 Å². The number of unbranched alkanes of at least 4 members (excludes halogenated alkanes) is 6. The van der Waals surface area contributed by atoms with Gasteiger partial charge in [0.2, 0.25) is 11.8 Å². The summed E-state index contributed by atoms with van der Waals surface area (Å²) in [4.78, 5) is 29.7. The molecular formula is C35H49N5O2S. The van der Waals surface area contributed by atoms with Crippen molar-refractivity contribution in [2.75, 3.05) is 25.4 Å². The van der Waals surface area contributed by atoms with Gasteiger partial charge >= 0.3 is 0 Å². The Morgan fingerprint density at radius 2 is 1.53 bits per heavy atom. The molecule has 2 amide bonds. The van der Waals surface area contributed by atoms with Crippen molar-refractivity contribution in [1.82, 2.24) is 24.6 Å². The molecule has 1 aromatic heterocycles. The smallest absolute Gasteiger partial charge is 0.222 e. The second kappa shape index (κ2) is 17.2. The van der Waals surface area contributed by atoms with E-state index in [1.54, 1.807) is 11.8 Å². The Morgan fingerprint density at radius 3 is 2.30 bits per heavy atom. The van der Waals surface area contributed by atoms with Gasteiger partial charge in [-0.2, -0.15) is 0 Å². The van der Waals surface area contributed by atoms with E-state index in [0.717, 1.165) is 48.1 Å². The highest BCUT2D eigenvalue weighted by Crippen LogP contribution is 2.26. The lowest BCUT2D eigenvalue weighted by atomic mass is 10.1. The Bertz CT molecular complexity index is 1290. The van der Waals surface area contributed by atoms with Crippen molar-refractivity contribution in [3.05, 3.63) is 71.5 Å². The van der Waals surface area contributed by atoms with E-state index in [0.29, 0.717) is 38.9 Å². The largest absolute Gasteiger partial charge is 0.339 e. The summed E-state index contributed by atoms with van der Waals surface area (Å²) in [7, 11) is 0. The molecule has 4 rings (SSSR count). The lowest BCUT2D eigenvalue weighted by Gasteiger charge is -2.40. The van der Waals surface area contributed by atoms with Crippen LogP contribution in [0.2, 0.25) is 0 Å². The number of hydrogen-bond donors (Lipinski definition) is 0. The van der Waals surface area contributed by atoms with Crippen LogP contribution in [-0.4, -0.2) is 67.8 Å². The van der Waals surface area contributed by atoms with Gasteiger partial charge in [-0.25, -0.2) is 0 Å². The average Bonchev–Trinajstić information content (AvgIpc) is 3.40. The van der Waals surface area contributed by atoms with Crippen LogP contribution in [0.5, 0.6) is 0 Å². The fourth-order valence-corrected chi connectivity index (χ4v) is 6.76. The van der Waals surface area contributed by atoms with Gasteiger partial charge in [0.15, 0.2) is 5.16 Å². The van der Waals surface area contributed by atoms with Gasteiger partial charge in [-0.15, -0.1) is 10.2 Å². The fraction of sp³-hybridized carbons (Fsp3) is 0.543. The lowest BCUT2D eigenvalue weighted by molar-refractivity contribution is -0.142. The molecule has 1 unspecified atom stereocenters. The van der Waals surface area contributed by atoms with Crippen molar-refractivity contribution in [2.45, 2.75) is 103 Å². The van der Waals surface area contributed by atoms with Crippen molar-refractivity contribution < 1.29 is 9.59 Å². The molecule has 0 radical (unpaired) electrons. The predicted molar refractivity (Wildman–Crippen MR) is 176 cm³/mol. The van der Waals surface area contributed by atoms with E-state index in [9.17, 15) is 9.59 Å². The third kappa shape index (κ3) is 9.68. The summed E-state index contributed by atoms with van der Waals surface area (Å²) in [6.07, 6.45) is 10.8. The number of piperazine rings is 1. The monoisotopic (exact) mass is 603 g/mol. The van der Waals surface area contributed by atoms with Crippen LogP contribution < -0.4 is 0 Å². The number of hydrogen-bond acceptors (Lipinski definition) is 5. The van der Waals surface area contributed by atoms with E-state index in [1.165, 1.54) is 36.8 Å². The van der Waals surface area contributed by atoms with Gasteiger partial charge in [0.05, 0.1) is 5.69 Å². The van der Waals surface area contributed by atoms with Crippen LogP contribution in [0.15, 0.2) is 59.8 Å². The van der Waals surface area contributed by atoms with Crippen LogP contribution in [0.3, 0.4) is 0 Å². The molecule has 1 aliphatic rings. The minimum atomic E-state index is 0.0822. The minimum absolute atomic E-state index is 0.0822. The van der Waals surface area contributed by atoms with Gasteiger partial charge in [-0.1, -0.05) is 99.3 Å². The number of amides is 2. The number of thioether (sulfide) groups is 1. The number of rotatable bonds is 16. The van der Waals surface area contributed by atoms with Crippen molar-refractivity contribution in [3.8, 4) is 5.69 Å². The summed E-state index contributed by atoms with van der Waals surface area (Å²) in [5.41, 5.74) is 3.49. The van der Waals surface area contributed by atoms with Gasteiger partial charge in [0, 0.05) is 50.7 Å². The topological polar surface area (TPSA) is 71.3 Å². The standard InChI is InChI=1S/C35H49N5O2S/c1-4-5-6-7-8-12-22-34(42)39-24-23-38(27-29(39)3)33(41)21-15-16-25-43-35-37-36-32(26-30-18-10-9-11-19-30)40(35)31-20-14-13-17-28(31)2/h9-11,13-14,17-20,29H,4-8,12,15-16,21-27H2,1-3H3. The maximum atomic E-state index is 13.0. The van der Waals surface area contributed by atoms with Gasteiger partial charge in [-0.3, -0.25) is 14.2 Å². The Morgan fingerprint density at radius 1 is 0.837 bits per heavy atom. The average molecular weight is 604 g/mol. The molecule has 0 aliphatic carbocycles. The van der Waals surface area contributed by atoms with Crippen molar-refractivity contribution in [2.24, 2.45) is 0 Å². The molecule has 2 heterocycles. The molecule has 3 aromatic rings.